The normalized spacial score (nSPS) is 10.1. The number of hydrogen-bond acceptors (Lipinski definition) is 6. The maximum absolute atomic E-state index is 12.0. The second kappa shape index (κ2) is 8.61. The van der Waals surface area contributed by atoms with E-state index in [1.807, 2.05) is 30.3 Å². The quantitative estimate of drug-likeness (QED) is 0.464. The Balaban J connectivity index is 2.11. The van der Waals surface area contributed by atoms with Gasteiger partial charge < -0.3 is 15.0 Å². The monoisotopic (exact) mass is 357 g/mol. The number of likely N-dealkylation sites (N-methyl/N-ethyl adjacent to an activating group) is 1. The van der Waals surface area contributed by atoms with Gasteiger partial charge in [0.1, 0.15) is 5.69 Å². The molecule has 0 radical (unpaired) electrons. The molecule has 0 aromatic heterocycles. The second-order valence-electron chi connectivity index (χ2n) is 5.69. The van der Waals surface area contributed by atoms with E-state index >= 15 is 0 Å². The summed E-state index contributed by atoms with van der Waals surface area (Å²) in [6, 6.07) is 13.4. The molecule has 0 atom stereocenters. The summed E-state index contributed by atoms with van der Waals surface area (Å²) in [5.41, 5.74) is 1.02. The Kier molecular flexibility index (Phi) is 6.26. The van der Waals surface area contributed by atoms with E-state index in [-0.39, 0.29) is 17.2 Å². The van der Waals surface area contributed by atoms with Gasteiger partial charge in [-0.05, 0) is 17.7 Å². The first-order chi connectivity index (χ1) is 12.4. The molecule has 2 rings (SSSR count). The first-order valence-electron chi connectivity index (χ1n) is 7.82. The highest BCUT2D eigenvalue weighted by Gasteiger charge is 2.19. The molecule has 8 heteroatoms. The zero-order chi connectivity index (χ0) is 19.1. The summed E-state index contributed by atoms with van der Waals surface area (Å²) in [6.45, 7) is -0.0174. The summed E-state index contributed by atoms with van der Waals surface area (Å²) in [5, 5.41) is 14.3. The Morgan fingerprint density at radius 2 is 1.85 bits per heavy atom. The van der Waals surface area contributed by atoms with Gasteiger partial charge in [-0.2, -0.15) is 0 Å². The minimum Gasteiger partial charge on any atom is -0.452 e. The van der Waals surface area contributed by atoms with Gasteiger partial charge in [-0.1, -0.05) is 30.3 Å². The number of nitrogens with one attached hydrogen (secondary N) is 1. The topological polar surface area (TPSA) is 102 Å². The molecule has 8 nitrogen and oxygen atoms in total. The third-order valence-corrected chi connectivity index (χ3v) is 3.58. The Morgan fingerprint density at radius 3 is 2.46 bits per heavy atom. The number of amides is 1. The molecule has 0 fully saturated rings. The van der Waals surface area contributed by atoms with Gasteiger partial charge in [0, 0.05) is 26.7 Å². The van der Waals surface area contributed by atoms with Crippen LogP contribution in [0, 0.1) is 10.1 Å². The van der Waals surface area contributed by atoms with Crippen LogP contribution < -0.4 is 5.32 Å². The van der Waals surface area contributed by atoms with E-state index in [9.17, 15) is 19.7 Å². The van der Waals surface area contributed by atoms with E-state index in [0.717, 1.165) is 11.6 Å². The zero-order valence-electron chi connectivity index (χ0n) is 14.5. The van der Waals surface area contributed by atoms with Crippen molar-refractivity contribution in [2.75, 3.05) is 26.0 Å². The summed E-state index contributed by atoms with van der Waals surface area (Å²) in [6.07, 6.45) is 0. The molecule has 1 amide bonds. The lowest BCUT2D eigenvalue weighted by Gasteiger charge is -2.11. The van der Waals surface area contributed by atoms with E-state index in [2.05, 4.69) is 5.32 Å². The predicted octanol–water partition coefficient (Wildman–Crippen LogP) is 2.45. The largest absolute Gasteiger partial charge is 0.452 e. The van der Waals surface area contributed by atoms with Crippen molar-refractivity contribution in [3.8, 4) is 0 Å². The molecule has 2 aromatic rings. The molecule has 0 bridgehead atoms. The van der Waals surface area contributed by atoms with Crippen LogP contribution in [0.25, 0.3) is 0 Å². The highest BCUT2D eigenvalue weighted by Crippen LogP contribution is 2.26. The molecule has 136 valence electrons. The molecule has 0 unspecified atom stereocenters. The Labute approximate surface area is 150 Å². The van der Waals surface area contributed by atoms with Crippen LogP contribution in [0.3, 0.4) is 0 Å². The van der Waals surface area contributed by atoms with Gasteiger partial charge in [0.05, 0.1) is 10.5 Å². The number of carbonyl (C=O) groups is 2. The molecule has 0 spiro atoms. The molecule has 26 heavy (non-hydrogen) atoms. The number of nitro benzene ring substituents is 1. The molecule has 0 saturated heterocycles. The van der Waals surface area contributed by atoms with E-state index < -0.39 is 17.5 Å². The van der Waals surface area contributed by atoms with Gasteiger partial charge in [0.15, 0.2) is 6.61 Å². The fraction of sp³-hybridized carbons (Fsp3) is 0.222. The number of esters is 1. The van der Waals surface area contributed by atoms with E-state index in [4.69, 9.17) is 4.74 Å². The summed E-state index contributed by atoms with van der Waals surface area (Å²) in [7, 11) is 3.07. The lowest BCUT2D eigenvalue weighted by molar-refractivity contribution is -0.384. The average Bonchev–Trinajstić information content (AvgIpc) is 2.64. The summed E-state index contributed by atoms with van der Waals surface area (Å²) < 4.78 is 4.88. The molecular weight excluding hydrogens is 338 g/mol. The van der Waals surface area contributed by atoms with Gasteiger partial charge in [0.25, 0.3) is 11.6 Å². The first-order valence-corrected chi connectivity index (χ1v) is 7.82. The highest BCUT2D eigenvalue weighted by molar-refractivity contribution is 5.93. The summed E-state index contributed by atoms with van der Waals surface area (Å²) in [5.74, 6) is -1.17. The maximum Gasteiger partial charge on any atom is 0.338 e. The van der Waals surface area contributed by atoms with Gasteiger partial charge in [-0.15, -0.1) is 0 Å². The third-order valence-electron chi connectivity index (χ3n) is 3.58. The molecule has 0 heterocycles. The van der Waals surface area contributed by atoms with Crippen LogP contribution in [-0.4, -0.2) is 42.4 Å². The van der Waals surface area contributed by atoms with E-state index in [1.54, 1.807) is 0 Å². The van der Waals surface area contributed by atoms with Gasteiger partial charge in [-0.25, -0.2) is 4.79 Å². The van der Waals surface area contributed by atoms with E-state index in [1.165, 1.54) is 31.1 Å². The van der Waals surface area contributed by atoms with Gasteiger partial charge >= 0.3 is 5.97 Å². The fourth-order valence-electron chi connectivity index (χ4n) is 2.09. The van der Waals surface area contributed by atoms with Crippen LogP contribution in [0.4, 0.5) is 11.4 Å². The maximum atomic E-state index is 12.0. The van der Waals surface area contributed by atoms with Crippen molar-refractivity contribution in [1.82, 2.24) is 4.90 Å². The number of nitro groups is 1. The van der Waals surface area contributed by atoms with Crippen molar-refractivity contribution in [1.29, 1.82) is 0 Å². The minimum atomic E-state index is -0.794. The van der Waals surface area contributed by atoms with Gasteiger partial charge in [-0.3, -0.25) is 14.9 Å². The van der Waals surface area contributed by atoms with Crippen molar-refractivity contribution >= 4 is 23.3 Å². The Morgan fingerprint density at radius 1 is 1.15 bits per heavy atom. The number of carbonyl (C=O) groups excluding carboxylic acids is 2. The van der Waals surface area contributed by atoms with Crippen LogP contribution in [-0.2, 0) is 16.1 Å². The number of ether oxygens (including phenoxy) is 1. The number of anilines is 1. The molecule has 1 N–H and O–H groups in total. The van der Waals surface area contributed by atoms with Gasteiger partial charge in [0.2, 0.25) is 0 Å². The zero-order valence-corrected chi connectivity index (χ0v) is 14.5. The van der Waals surface area contributed by atoms with Crippen molar-refractivity contribution < 1.29 is 19.2 Å². The molecule has 0 aliphatic heterocycles. The number of nitrogens with zero attached hydrogens (tertiary/aromatic N) is 2. The lowest BCUT2D eigenvalue weighted by atomic mass is 10.1. The van der Waals surface area contributed by atoms with Crippen molar-refractivity contribution in [2.24, 2.45) is 0 Å². The standard InChI is InChI=1S/C18H19N3O5/c1-20(2)17(22)12-26-18(23)14-8-9-15(16(10-14)21(24)25)19-11-13-6-4-3-5-7-13/h3-10,19H,11-12H2,1-2H3. The first kappa shape index (κ1) is 18.9. The lowest BCUT2D eigenvalue weighted by Crippen LogP contribution is -2.27. The van der Waals surface area contributed by atoms with Crippen LogP contribution in [0.2, 0.25) is 0 Å². The highest BCUT2D eigenvalue weighted by atomic mass is 16.6. The fourth-order valence-corrected chi connectivity index (χ4v) is 2.09. The molecule has 2 aromatic carbocycles. The van der Waals surface area contributed by atoms with Crippen molar-refractivity contribution in [3.63, 3.8) is 0 Å². The number of benzene rings is 2. The average molecular weight is 357 g/mol. The second-order valence-corrected chi connectivity index (χ2v) is 5.69. The Hall–Kier alpha value is -3.42. The van der Waals surface area contributed by atoms with Crippen molar-refractivity contribution in [3.05, 3.63) is 69.8 Å². The smallest absolute Gasteiger partial charge is 0.338 e. The van der Waals surface area contributed by atoms with E-state index in [0.29, 0.717) is 12.2 Å². The molecule has 0 saturated carbocycles. The molecule has 0 aliphatic carbocycles. The van der Waals surface area contributed by atoms with Crippen molar-refractivity contribution in [2.45, 2.75) is 6.54 Å². The summed E-state index contributed by atoms with van der Waals surface area (Å²) in [4.78, 5) is 35.5. The predicted molar refractivity (Wildman–Crippen MR) is 95.8 cm³/mol. The van der Waals surface area contributed by atoms with Crippen LogP contribution >= 0.6 is 0 Å². The summed E-state index contributed by atoms with van der Waals surface area (Å²) >= 11 is 0. The van der Waals surface area contributed by atoms with Crippen LogP contribution in [0.15, 0.2) is 48.5 Å². The third kappa shape index (κ3) is 5.04. The van der Waals surface area contributed by atoms with Crippen LogP contribution in [0.5, 0.6) is 0 Å². The molecular formula is C18H19N3O5. The van der Waals surface area contributed by atoms with Crippen LogP contribution in [0.1, 0.15) is 15.9 Å². The Bertz CT molecular complexity index is 806. The number of rotatable bonds is 7. The number of hydrogen-bond donors (Lipinski definition) is 1. The SMILES string of the molecule is CN(C)C(=O)COC(=O)c1ccc(NCc2ccccc2)c([N+](=O)[O-])c1. The minimum absolute atomic E-state index is 0.00789. The molecule has 0 aliphatic rings.